The minimum Gasteiger partial charge on any atom is -0.324 e. The molecule has 0 bridgehead atoms. The van der Waals surface area contributed by atoms with Crippen LogP contribution in [0.25, 0.3) is 0 Å². The maximum absolute atomic E-state index is 13.5. The van der Waals surface area contributed by atoms with E-state index in [1.165, 1.54) is 25.1 Å². The lowest BCUT2D eigenvalue weighted by Crippen LogP contribution is -2.13. The summed E-state index contributed by atoms with van der Waals surface area (Å²) < 4.78 is 13.5. The smallest absolute Gasteiger partial charge is 0.276 e. The third-order valence-electron chi connectivity index (χ3n) is 2.99. The van der Waals surface area contributed by atoms with Crippen molar-refractivity contribution in [2.24, 2.45) is 0 Å². The number of carbonyl (C=O) groups is 2. The van der Waals surface area contributed by atoms with Crippen molar-refractivity contribution in [1.29, 1.82) is 0 Å². The molecule has 3 N–H and O–H groups in total. The summed E-state index contributed by atoms with van der Waals surface area (Å²) in [5.74, 6) is -1.15. The summed E-state index contributed by atoms with van der Waals surface area (Å²) >= 11 is 0. The number of amides is 2. The van der Waals surface area contributed by atoms with Crippen LogP contribution in [0.4, 0.5) is 15.8 Å². The van der Waals surface area contributed by atoms with Crippen LogP contribution in [-0.2, 0) is 4.79 Å². The van der Waals surface area contributed by atoms with Gasteiger partial charge in [0.1, 0.15) is 5.82 Å². The number of aromatic nitrogens is 2. The average Bonchev–Trinajstić information content (AvgIpc) is 2.92. The fourth-order valence-electron chi connectivity index (χ4n) is 1.83. The van der Waals surface area contributed by atoms with Gasteiger partial charge in [-0.15, -0.1) is 0 Å². The van der Waals surface area contributed by atoms with Crippen molar-refractivity contribution in [3.8, 4) is 0 Å². The molecule has 0 saturated heterocycles. The molecule has 1 aromatic carbocycles. The quantitative estimate of drug-likeness (QED) is 0.811. The molecule has 0 aliphatic heterocycles. The Bertz CT molecular complexity index is 709. The van der Waals surface area contributed by atoms with E-state index in [0.29, 0.717) is 5.69 Å². The molecule has 0 radical (unpaired) electrons. The maximum atomic E-state index is 13.5. The van der Waals surface area contributed by atoms with Crippen LogP contribution in [-0.4, -0.2) is 22.0 Å². The molecular weight excluding hydrogens is 287 g/mol. The SMILES string of the molecule is CC(=O)Nc1cc(NC(=O)c2cc(C(C)C)[nH]n2)ccc1F. The van der Waals surface area contributed by atoms with E-state index in [9.17, 15) is 14.0 Å². The highest BCUT2D eigenvalue weighted by molar-refractivity contribution is 6.03. The fraction of sp³-hybridized carbons (Fsp3) is 0.267. The molecule has 1 aromatic heterocycles. The molecule has 1 heterocycles. The minimum absolute atomic E-state index is 0.00944. The van der Waals surface area contributed by atoms with Crippen molar-refractivity contribution >= 4 is 23.2 Å². The highest BCUT2D eigenvalue weighted by atomic mass is 19.1. The minimum atomic E-state index is -0.574. The first-order valence-corrected chi connectivity index (χ1v) is 6.80. The second-order valence-electron chi connectivity index (χ2n) is 5.19. The zero-order valence-electron chi connectivity index (χ0n) is 12.5. The molecule has 0 spiro atoms. The van der Waals surface area contributed by atoms with Gasteiger partial charge in [0.15, 0.2) is 5.69 Å². The predicted molar refractivity (Wildman–Crippen MR) is 81.3 cm³/mol. The largest absolute Gasteiger partial charge is 0.324 e. The van der Waals surface area contributed by atoms with Gasteiger partial charge in [-0.25, -0.2) is 4.39 Å². The molecule has 2 amide bonds. The van der Waals surface area contributed by atoms with Crippen LogP contribution >= 0.6 is 0 Å². The molecular formula is C15H17FN4O2. The van der Waals surface area contributed by atoms with E-state index in [1.54, 1.807) is 6.07 Å². The number of aromatic amines is 1. The van der Waals surface area contributed by atoms with Crippen LogP contribution < -0.4 is 10.6 Å². The van der Waals surface area contributed by atoms with Crippen molar-refractivity contribution in [3.63, 3.8) is 0 Å². The van der Waals surface area contributed by atoms with E-state index in [2.05, 4.69) is 20.8 Å². The van der Waals surface area contributed by atoms with Gasteiger partial charge in [0.25, 0.3) is 5.91 Å². The molecule has 0 atom stereocenters. The molecule has 6 nitrogen and oxygen atoms in total. The third kappa shape index (κ3) is 3.69. The first-order valence-electron chi connectivity index (χ1n) is 6.80. The van der Waals surface area contributed by atoms with Crippen molar-refractivity contribution in [2.45, 2.75) is 26.7 Å². The standard InChI is InChI=1S/C15H17FN4O2/c1-8(2)12-7-14(20-19-12)15(22)18-10-4-5-11(16)13(6-10)17-9(3)21/h4-8H,1-3H3,(H,17,21)(H,18,22)(H,19,20). The number of nitrogens with one attached hydrogen (secondary N) is 3. The lowest BCUT2D eigenvalue weighted by Gasteiger charge is -2.08. The summed E-state index contributed by atoms with van der Waals surface area (Å²) in [5, 5.41) is 11.7. The maximum Gasteiger partial charge on any atom is 0.276 e. The van der Waals surface area contributed by atoms with Crippen LogP contribution in [0.15, 0.2) is 24.3 Å². The van der Waals surface area contributed by atoms with E-state index >= 15 is 0 Å². The monoisotopic (exact) mass is 304 g/mol. The van der Waals surface area contributed by atoms with Crippen LogP contribution in [0.3, 0.4) is 0 Å². The highest BCUT2D eigenvalue weighted by Gasteiger charge is 2.13. The number of hydrogen-bond donors (Lipinski definition) is 3. The van der Waals surface area contributed by atoms with Crippen molar-refractivity contribution < 1.29 is 14.0 Å². The lowest BCUT2D eigenvalue weighted by atomic mass is 10.1. The Hall–Kier alpha value is -2.70. The number of anilines is 2. The van der Waals surface area contributed by atoms with Gasteiger partial charge in [0, 0.05) is 18.3 Å². The number of carbonyl (C=O) groups excluding carboxylic acids is 2. The molecule has 0 fully saturated rings. The summed E-state index contributed by atoms with van der Waals surface area (Å²) in [7, 11) is 0. The number of hydrogen-bond acceptors (Lipinski definition) is 3. The van der Waals surface area contributed by atoms with E-state index in [0.717, 1.165) is 5.69 Å². The number of H-pyrrole nitrogens is 1. The average molecular weight is 304 g/mol. The van der Waals surface area contributed by atoms with E-state index in [1.807, 2.05) is 13.8 Å². The van der Waals surface area contributed by atoms with Gasteiger partial charge >= 0.3 is 0 Å². The first kappa shape index (κ1) is 15.7. The molecule has 22 heavy (non-hydrogen) atoms. The molecule has 2 rings (SSSR count). The van der Waals surface area contributed by atoms with E-state index in [-0.39, 0.29) is 17.3 Å². The van der Waals surface area contributed by atoms with Gasteiger partial charge in [0.2, 0.25) is 5.91 Å². The van der Waals surface area contributed by atoms with Gasteiger partial charge in [-0.3, -0.25) is 14.7 Å². The van der Waals surface area contributed by atoms with Crippen molar-refractivity contribution in [1.82, 2.24) is 10.2 Å². The van der Waals surface area contributed by atoms with Gasteiger partial charge in [-0.05, 0) is 30.2 Å². The Morgan fingerprint density at radius 2 is 1.95 bits per heavy atom. The zero-order valence-corrected chi connectivity index (χ0v) is 12.5. The fourth-order valence-corrected chi connectivity index (χ4v) is 1.83. The van der Waals surface area contributed by atoms with Crippen LogP contribution in [0, 0.1) is 5.82 Å². The number of nitrogens with zero attached hydrogens (tertiary/aromatic N) is 1. The molecule has 0 saturated carbocycles. The Kier molecular flexibility index (Phi) is 4.55. The normalized spacial score (nSPS) is 10.6. The second-order valence-corrected chi connectivity index (χ2v) is 5.19. The molecule has 0 unspecified atom stereocenters. The summed E-state index contributed by atoms with van der Waals surface area (Å²) in [4.78, 5) is 23.1. The van der Waals surface area contributed by atoms with Crippen LogP contribution in [0.2, 0.25) is 0 Å². The topological polar surface area (TPSA) is 86.9 Å². The lowest BCUT2D eigenvalue weighted by molar-refractivity contribution is -0.114. The molecule has 0 aliphatic rings. The van der Waals surface area contributed by atoms with E-state index < -0.39 is 17.6 Å². The highest BCUT2D eigenvalue weighted by Crippen LogP contribution is 2.20. The van der Waals surface area contributed by atoms with Crippen LogP contribution in [0.1, 0.15) is 42.9 Å². The Morgan fingerprint density at radius 1 is 1.23 bits per heavy atom. The molecule has 7 heteroatoms. The summed E-state index contributed by atoms with van der Waals surface area (Å²) in [6.07, 6.45) is 0. The Morgan fingerprint density at radius 3 is 2.55 bits per heavy atom. The first-order chi connectivity index (χ1) is 10.4. The Balaban J connectivity index is 2.15. The summed E-state index contributed by atoms with van der Waals surface area (Å²) in [6, 6.07) is 5.60. The van der Waals surface area contributed by atoms with Crippen LogP contribution in [0.5, 0.6) is 0 Å². The van der Waals surface area contributed by atoms with Crippen molar-refractivity contribution in [3.05, 3.63) is 41.5 Å². The number of halogens is 1. The van der Waals surface area contributed by atoms with Gasteiger partial charge in [-0.1, -0.05) is 13.8 Å². The predicted octanol–water partition coefficient (Wildman–Crippen LogP) is 2.88. The summed E-state index contributed by atoms with van der Waals surface area (Å²) in [6.45, 7) is 5.24. The number of rotatable bonds is 4. The van der Waals surface area contributed by atoms with Gasteiger partial charge in [-0.2, -0.15) is 5.10 Å². The third-order valence-corrected chi connectivity index (χ3v) is 2.99. The van der Waals surface area contributed by atoms with Crippen molar-refractivity contribution in [2.75, 3.05) is 10.6 Å². The molecule has 2 aromatic rings. The van der Waals surface area contributed by atoms with Gasteiger partial charge < -0.3 is 10.6 Å². The zero-order chi connectivity index (χ0) is 16.3. The second kappa shape index (κ2) is 6.38. The van der Waals surface area contributed by atoms with E-state index in [4.69, 9.17) is 0 Å². The number of benzene rings is 1. The Labute approximate surface area is 127 Å². The summed E-state index contributed by atoms with van der Waals surface area (Å²) in [5.41, 5.74) is 1.47. The molecule has 116 valence electrons. The van der Waals surface area contributed by atoms with Gasteiger partial charge in [0.05, 0.1) is 5.69 Å². The molecule has 0 aliphatic carbocycles.